The highest BCUT2D eigenvalue weighted by atomic mass is 32.2. The van der Waals surface area contributed by atoms with Crippen molar-refractivity contribution in [3.05, 3.63) is 23.8 Å². The average molecular weight is 310 g/mol. The molecule has 0 aliphatic heterocycles. The Labute approximate surface area is 132 Å². The third kappa shape index (κ3) is 5.25. The number of nitrogens with zero attached hydrogens (tertiary/aromatic N) is 2. The number of carbonyl (C=O) groups is 1. The van der Waals surface area contributed by atoms with Crippen LogP contribution in [0.1, 0.15) is 30.6 Å². The maximum Gasteiger partial charge on any atom is 0.338 e. The Morgan fingerprint density at radius 2 is 1.95 bits per heavy atom. The molecule has 0 aliphatic rings. The van der Waals surface area contributed by atoms with Crippen molar-refractivity contribution >= 4 is 23.4 Å². The van der Waals surface area contributed by atoms with E-state index in [1.54, 1.807) is 11.8 Å². The molecular weight excluding hydrogens is 284 g/mol. The molecule has 4 nitrogen and oxygen atoms in total. The third-order valence-corrected chi connectivity index (χ3v) is 4.21. The lowest BCUT2D eigenvalue weighted by Crippen LogP contribution is -2.28. The summed E-state index contributed by atoms with van der Waals surface area (Å²) in [7, 11) is 4.11. The summed E-state index contributed by atoms with van der Waals surface area (Å²) in [6.07, 6.45) is 1.02. The van der Waals surface area contributed by atoms with E-state index in [9.17, 15) is 9.90 Å². The maximum atomic E-state index is 11.7. The van der Waals surface area contributed by atoms with E-state index in [2.05, 4.69) is 30.8 Å². The lowest BCUT2D eigenvalue weighted by atomic mass is 10.1. The fraction of sp³-hybridized carbons (Fsp3) is 0.562. The van der Waals surface area contributed by atoms with Crippen molar-refractivity contribution in [1.82, 2.24) is 4.90 Å². The number of thioether (sulfide) groups is 1. The van der Waals surface area contributed by atoms with E-state index >= 15 is 0 Å². The first-order valence-electron chi connectivity index (χ1n) is 7.40. The smallest absolute Gasteiger partial charge is 0.338 e. The number of rotatable bonds is 9. The van der Waals surface area contributed by atoms with Crippen molar-refractivity contribution in [3.8, 4) is 0 Å². The number of hydrogen-bond donors (Lipinski definition) is 1. The molecule has 1 rings (SSSR count). The molecule has 0 atom stereocenters. The van der Waals surface area contributed by atoms with Gasteiger partial charge < -0.3 is 14.9 Å². The first-order chi connectivity index (χ1) is 10.0. The number of anilines is 1. The molecule has 0 amide bonds. The molecule has 1 aromatic carbocycles. The van der Waals surface area contributed by atoms with Crippen LogP contribution in [0.15, 0.2) is 23.1 Å². The van der Waals surface area contributed by atoms with Crippen LogP contribution in [0.25, 0.3) is 0 Å². The van der Waals surface area contributed by atoms with Gasteiger partial charge in [0.15, 0.2) is 0 Å². The highest BCUT2D eigenvalue weighted by Crippen LogP contribution is 2.31. The average Bonchev–Trinajstić information content (AvgIpc) is 2.43. The Morgan fingerprint density at radius 3 is 2.48 bits per heavy atom. The van der Waals surface area contributed by atoms with Crippen LogP contribution in [-0.4, -0.2) is 55.5 Å². The van der Waals surface area contributed by atoms with E-state index in [1.807, 2.05) is 25.1 Å². The second kappa shape index (κ2) is 8.95. The molecule has 0 spiro atoms. The molecular formula is C16H26N2O2S. The van der Waals surface area contributed by atoms with Gasteiger partial charge in [-0.15, -0.1) is 11.8 Å². The summed E-state index contributed by atoms with van der Waals surface area (Å²) in [5, 5.41) is 9.58. The summed E-state index contributed by atoms with van der Waals surface area (Å²) < 4.78 is 0. The van der Waals surface area contributed by atoms with Gasteiger partial charge in [0.1, 0.15) is 0 Å². The zero-order valence-corrected chi connectivity index (χ0v) is 14.2. The lowest BCUT2D eigenvalue weighted by Gasteiger charge is -2.26. The number of carboxylic acids is 1. The molecule has 0 saturated carbocycles. The quantitative estimate of drug-likeness (QED) is 0.709. The van der Waals surface area contributed by atoms with E-state index in [0.29, 0.717) is 5.56 Å². The summed E-state index contributed by atoms with van der Waals surface area (Å²) >= 11 is 1.59. The predicted octanol–water partition coefficient (Wildman–Crippen LogP) is 3.27. The highest BCUT2D eigenvalue weighted by Gasteiger charge is 2.19. The molecule has 1 N–H and O–H groups in total. The Balaban J connectivity index is 3.02. The first kappa shape index (κ1) is 17.9. The van der Waals surface area contributed by atoms with Gasteiger partial charge in [-0.25, -0.2) is 4.79 Å². The molecule has 21 heavy (non-hydrogen) atoms. The van der Waals surface area contributed by atoms with E-state index in [-0.39, 0.29) is 0 Å². The van der Waals surface area contributed by atoms with Crippen LogP contribution in [-0.2, 0) is 0 Å². The fourth-order valence-electron chi connectivity index (χ4n) is 2.30. The summed E-state index contributed by atoms with van der Waals surface area (Å²) in [5.41, 5.74) is 1.28. The van der Waals surface area contributed by atoms with Crippen molar-refractivity contribution < 1.29 is 9.90 Å². The van der Waals surface area contributed by atoms with Gasteiger partial charge >= 0.3 is 5.97 Å². The number of benzene rings is 1. The number of aromatic carboxylic acids is 1. The van der Waals surface area contributed by atoms with E-state index in [0.717, 1.165) is 42.4 Å². The zero-order chi connectivity index (χ0) is 15.8. The normalized spacial score (nSPS) is 10.9. The van der Waals surface area contributed by atoms with E-state index < -0.39 is 5.97 Å². The largest absolute Gasteiger partial charge is 0.478 e. The molecule has 0 bridgehead atoms. The van der Waals surface area contributed by atoms with Gasteiger partial charge in [0.25, 0.3) is 0 Å². The van der Waals surface area contributed by atoms with Crippen molar-refractivity contribution in [3.63, 3.8) is 0 Å². The van der Waals surface area contributed by atoms with Gasteiger partial charge in [-0.1, -0.05) is 13.0 Å². The summed E-state index contributed by atoms with van der Waals surface area (Å²) in [6, 6.07) is 5.77. The summed E-state index contributed by atoms with van der Waals surface area (Å²) in [6.45, 7) is 6.80. The van der Waals surface area contributed by atoms with E-state index in [1.165, 1.54) is 0 Å². The van der Waals surface area contributed by atoms with Crippen LogP contribution < -0.4 is 4.90 Å². The molecule has 0 fully saturated rings. The topological polar surface area (TPSA) is 43.8 Å². The van der Waals surface area contributed by atoms with Gasteiger partial charge in [-0.05, 0) is 51.9 Å². The highest BCUT2D eigenvalue weighted by molar-refractivity contribution is 7.99. The second-order valence-corrected chi connectivity index (χ2v) is 6.43. The number of hydrogen-bond acceptors (Lipinski definition) is 4. The molecule has 5 heteroatoms. The Hall–Kier alpha value is -1.20. The van der Waals surface area contributed by atoms with Crippen LogP contribution in [0.5, 0.6) is 0 Å². The van der Waals surface area contributed by atoms with Crippen LogP contribution in [0.4, 0.5) is 5.69 Å². The Bertz CT molecular complexity index is 464. The first-order valence-corrected chi connectivity index (χ1v) is 8.38. The summed E-state index contributed by atoms with van der Waals surface area (Å²) in [4.78, 5) is 16.8. The molecule has 118 valence electrons. The molecule has 0 saturated heterocycles. The van der Waals surface area contributed by atoms with Crippen LogP contribution in [0.3, 0.4) is 0 Å². The molecule has 0 radical (unpaired) electrons. The van der Waals surface area contributed by atoms with Crippen molar-refractivity contribution in [2.45, 2.75) is 25.2 Å². The molecule has 0 aromatic heterocycles. The van der Waals surface area contributed by atoms with Gasteiger partial charge in [0.2, 0.25) is 0 Å². The zero-order valence-electron chi connectivity index (χ0n) is 13.4. The molecule has 0 aliphatic carbocycles. The van der Waals surface area contributed by atoms with Crippen LogP contribution in [0.2, 0.25) is 0 Å². The van der Waals surface area contributed by atoms with Gasteiger partial charge in [-0.3, -0.25) is 0 Å². The van der Waals surface area contributed by atoms with Crippen molar-refractivity contribution in [2.75, 3.05) is 44.4 Å². The lowest BCUT2D eigenvalue weighted by molar-refractivity contribution is 0.0694. The monoisotopic (exact) mass is 310 g/mol. The maximum absolute atomic E-state index is 11.7. The minimum atomic E-state index is -0.840. The van der Waals surface area contributed by atoms with Gasteiger partial charge in [0.05, 0.1) is 11.3 Å². The molecule has 0 heterocycles. The Kier molecular flexibility index (Phi) is 7.61. The Morgan fingerprint density at radius 1 is 1.24 bits per heavy atom. The molecule has 1 aromatic rings. The van der Waals surface area contributed by atoms with Gasteiger partial charge in [0, 0.05) is 18.0 Å². The summed E-state index contributed by atoms with van der Waals surface area (Å²) in [5.74, 6) is 0.0313. The van der Waals surface area contributed by atoms with Crippen molar-refractivity contribution in [2.24, 2.45) is 0 Å². The molecule has 0 unspecified atom stereocenters. The van der Waals surface area contributed by atoms with Crippen LogP contribution in [0, 0.1) is 0 Å². The standard InChI is InChI=1S/C16H26N2O2S/c1-5-18(12-8-11-17(3)4)13-9-7-10-14(21-6-2)15(13)16(19)20/h7,9-10H,5-6,8,11-12H2,1-4H3,(H,19,20). The second-order valence-electron chi connectivity index (χ2n) is 5.12. The van der Waals surface area contributed by atoms with Crippen molar-refractivity contribution in [1.29, 1.82) is 0 Å². The fourth-order valence-corrected chi connectivity index (χ4v) is 3.12. The van der Waals surface area contributed by atoms with Crippen LogP contribution >= 0.6 is 11.8 Å². The van der Waals surface area contributed by atoms with E-state index in [4.69, 9.17) is 0 Å². The predicted molar refractivity (Wildman–Crippen MR) is 90.9 cm³/mol. The minimum absolute atomic E-state index is 0.441. The minimum Gasteiger partial charge on any atom is -0.478 e. The third-order valence-electron chi connectivity index (χ3n) is 3.27. The van der Waals surface area contributed by atoms with Gasteiger partial charge in [-0.2, -0.15) is 0 Å². The number of carboxylic acid groups (broad SMARTS) is 1. The SMILES string of the molecule is CCSc1cccc(N(CC)CCCN(C)C)c1C(=O)O.